The molecule has 0 unspecified atom stereocenters. The number of aromatic hydroxyl groups is 1. The van der Waals surface area contributed by atoms with Gasteiger partial charge in [0.25, 0.3) is 5.91 Å². The summed E-state index contributed by atoms with van der Waals surface area (Å²) in [6.45, 7) is 0.557. The summed E-state index contributed by atoms with van der Waals surface area (Å²) < 4.78 is 0.593. The fourth-order valence-corrected chi connectivity index (χ4v) is 3.17. The van der Waals surface area contributed by atoms with Crippen molar-refractivity contribution in [2.45, 2.75) is 38.1 Å². The molecule has 3 nitrogen and oxygen atoms in total. The second-order valence-corrected chi connectivity index (χ2v) is 6.38. The minimum atomic E-state index is -0.0413. The zero-order valence-corrected chi connectivity index (χ0v) is 13.7. The van der Waals surface area contributed by atoms with E-state index >= 15 is 0 Å². The van der Waals surface area contributed by atoms with Crippen molar-refractivity contribution < 1.29 is 9.90 Å². The molecule has 0 aromatic heterocycles. The lowest BCUT2D eigenvalue weighted by atomic mass is 9.93. The molecule has 0 atom stereocenters. The molecule has 0 saturated heterocycles. The summed E-state index contributed by atoms with van der Waals surface area (Å²) in [5, 5.41) is 9.73. The van der Waals surface area contributed by atoms with Crippen LogP contribution in [0.25, 0.3) is 0 Å². The van der Waals surface area contributed by atoms with Crippen LogP contribution in [0.15, 0.2) is 22.7 Å². The molecule has 0 spiro atoms. The average Bonchev–Trinajstić information content (AvgIpc) is 2.48. The lowest BCUT2D eigenvalue weighted by molar-refractivity contribution is 0.0649. The SMILES string of the molecule is O=C(c1ccc(Br)c(O)c1)N(CCCl)C1CCCCC1. The topological polar surface area (TPSA) is 40.5 Å². The Kier molecular flexibility index (Phi) is 5.73. The number of rotatable bonds is 4. The Morgan fingerprint density at radius 1 is 1.35 bits per heavy atom. The molecule has 0 aliphatic heterocycles. The predicted molar refractivity (Wildman–Crippen MR) is 84.4 cm³/mol. The Hall–Kier alpha value is -0.740. The van der Waals surface area contributed by atoms with Gasteiger partial charge in [0.1, 0.15) is 5.75 Å². The van der Waals surface area contributed by atoms with E-state index in [9.17, 15) is 9.90 Å². The van der Waals surface area contributed by atoms with Gasteiger partial charge < -0.3 is 10.0 Å². The van der Waals surface area contributed by atoms with E-state index in [-0.39, 0.29) is 17.7 Å². The van der Waals surface area contributed by atoms with Crippen molar-refractivity contribution >= 4 is 33.4 Å². The summed E-state index contributed by atoms with van der Waals surface area (Å²) in [5.74, 6) is 0.482. The normalized spacial score (nSPS) is 16.1. The Bertz CT molecular complexity index is 475. The highest BCUT2D eigenvalue weighted by molar-refractivity contribution is 9.10. The fraction of sp³-hybridized carbons (Fsp3) is 0.533. The summed E-state index contributed by atoms with van der Waals surface area (Å²) in [4.78, 5) is 14.5. The van der Waals surface area contributed by atoms with Crippen LogP contribution in [0.2, 0.25) is 0 Å². The highest BCUT2D eigenvalue weighted by atomic mass is 79.9. The van der Waals surface area contributed by atoms with Crippen LogP contribution in [-0.4, -0.2) is 34.4 Å². The van der Waals surface area contributed by atoms with Gasteiger partial charge in [-0.05, 0) is 47.0 Å². The van der Waals surface area contributed by atoms with Crippen molar-refractivity contribution in [3.8, 4) is 5.75 Å². The van der Waals surface area contributed by atoms with Gasteiger partial charge in [0.15, 0.2) is 0 Å². The Balaban J connectivity index is 2.18. The van der Waals surface area contributed by atoms with Gasteiger partial charge in [-0.1, -0.05) is 19.3 Å². The van der Waals surface area contributed by atoms with Crippen molar-refractivity contribution in [1.29, 1.82) is 0 Å². The molecule has 1 saturated carbocycles. The van der Waals surface area contributed by atoms with Crippen LogP contribution in [-0.2, 0) is 0 Å². The van der Waals surface area contributed by atoms with Crippen LogP contribution in [0.3, 0.4) is 0 Å². The number of amides is 1. The van der Waals surface area contributed by atoms with E-state index in [0.29, 0.717) is 22.5 Å². The molecule has 110 valence electrons. The quantitative estimate of drug-likeness (QED) is 0.819. The number of alkyl halides is 1. The molecule has 1 aromatic rings. The van der Waals surface area contributed by atoms with Gasteiger partial charge in [-0.25, -0.2) is 0 Å². The van der Waals surface area contributed by atoms with E-state index in [2.05, 4.69) is 15.9 Å². The lowest BCUT2D eigenvalue weighted by Gasteiger charge is -2.34. The van der Waals surface area contributed by atoms with Gasteiger partial charge in [-0.3, -0.25) is 4.79 Å². The molecular weight excluding hydrogens is 342 g/mol. The van der Waals surface area contributed by atoms with Crippen LogP contribution in [0.4, 0.5) is 0 Å². The minimum Gasteiger partial charge on any atom is -0.507 e. The first kappa shape index (κ1) is 15.6. The molecule has 5 heteroatoms. The van der Waals surface area contributed by atoms with E-state index in [4.69, 9.17) is 11.6 Å². The summed E-state index contributed by atoms with van der Waals surface area (Å²) in [6, 6.07) is 5.22. The molecule has 1 aliphatic carbocycles. The first-order valence-electron chi connectivity index (χ1n) is 6.99. The second-order valence-electron chi connectivity index (χ2n) is 5.15. The molecule has 0 heterocycles. The zero-order valence-electron chi connectivity index (χ0n) is 11.3. The van der Waals surface area contributed by atoms with Crippen LogP contribution >= 0.6 is 27.5 Å². The number of hydrogen-bond acceptors (Lipinski definition) is 2. The molecule has 1 fully saturated rings. The molecule has 1 aliphatic rings. The maximum absolute atomic E-state index is 12.6. The fourth-order valence-electron chi connectivity index (χ4n) is 2.75. The number of carbonyl (C=O) groups is 1. The minimum absolute atomic E-state index is 0.0413. The Labute approximate surface area is 133 Å². The summed E-state index contributed by atoms with van der Waals surface area (Å²) in [5.41, 5.74) is 0.515. The average molecular weight is 361 g/mol. The van der Waals surface area contributed by atoms with Gasteiger partial charge >= 0.3 is 0 Å². The predicted octanol–water partition coefficient (Wildman–Crippen LogP) is 4.17. The van der Waals surface area contributed by atoms with E-state index in [1.54, 1.807) is 12.1 Å². The standard InChI is InChI=1S/C15H19BrClNO2/c16-13-7-6-11(10-14(13)19)15(20)18(9-8-17)12-4-2-1-3-5-12/h6-7,10,12,19H,1-5,8-9H2. The van der Waals surface area contributed by atoms with Gasteiger partial charge in [0, 0.05) is 24.0 Å². The van der Waals surface area contributed by atoms with E-state index < -0.39 is 0 Å². The van der Waals surface area contributed by atoms with E-state index in [1.807, 2.05) is 4.90 Å². The third kappa shape index (κ3) is 3.67. The Morgan fingerprint density at radius 2 is 2.05 bits per heavy atom. The lowest BCUT2D eigenvalue weighted by Crippen LogP contribution is -2.42. The number of phenols is 1. The van der Waals surface area contributed by atoms with Crippen LogP contribution in [0.1, 0.15) is 42.5 Å². The van der Waals surface area contributed by atoms with Crippen molar-refractivity contribution in [2.75, 3.05) is 12.4 Å². The monoisotopic (exact) mass is 359 g/mol. The smallest absolute Gasteiger partial charge is 0.254 e. The molecule has 1 amide bonds. The summed E-state index contributed by atoms with van der Waals surface area (Å²) in [7, 11) is 0. The maximum Gasteiger partial charge on any atom is 0.254 e. The number of nitrogens with zero attached hydrogens (tertiary/aromatic N) is 1. The molecule has 1 aromatic carbocycles. The van der Waals surface area contributed by atoms with Crippen LogP contribution < -0.4 is 0 Å². The second kappa shape index (κ2) is 7.32. The highest BCUT2D eigenvalue weighted by Crippen LogP contribution is 2.27. The van der Waals surface area contributed by atoms with Crippen molar-refractivity contribution in [1.82, 2.24) is 4.90 Å². The van der Waals surface area contributed by atoms with E-state index in [1.165, 1.54) is 25.3 Å². The number of benzene rings is 1. The molecule has 0 bridgehead atoms. The zero-order chi connectivity index (χ0) is 14.5. The Morgan fingerprint density at radius 3 is 2.65 bits per heavy atom. The first-order valence-corrected chi connectivity index (χ1v) is 8.31. The van der Waals surface area contributed by atoms with Gasteiger partial charge in [-0.2, -0.15) is 0 Å². The molecule has 20 heavy (non-hydrogen) atoms. The van der Waals surface area contributed by atoms with Crippen molar-refractivity contribution in [3.05, 3.63) is 28.2 Å². The van der Waals surface area contributed by atoms with Crippen LogP contribution in [0, 0.1) is 0 Å². The number of carbonyl (C=O) groups excluding carboxylic acids is 1. The molecule has 2 rings (SSSR count). The van der Waals surface area contributed by atoms with Crippen molar-refractivity contribution in [3.63, 3.8) is 0 Å². The van der Waals surface area contributed by atoms with Gasteiger partial charge in [0.2, 0.25) is 0 Å². The van der Waals surface area contributed by atoms with Gasteiger partial charge in [-0.15, -0.1) is 11.6 Å². The van der Waals surface area contributed by atoms with Gasteiger partial charge in [0.05, 0.1) is 4.47 Å². The summed E-state index contributed by atoms with van der Waals surface area (Å²) >= 11 is 9.08. The third-order valence-electron chi connectivity index (χ3n) is 3.79. The summed E-state index contributed by atoms with van der Waals surface area (Å²) in [6.07, 6.45) is 5.68. The number of halogens is 2. The largest absolute Gasteiger partial charge is 0.507 e. The molecule has 1 N–H and O–H groups in total. The highest BCUT2D eigenvalue weighted by Gasteiger charge is 2.26. The van der Waals surface area contributed by atoms with Crippen molar-refractivity contribution in [2.24, 2.45) is 0 Å². The molecular formula is C15H19BrClNO2. The third-order valence-corrected chi connectivity index (χ3v) is 4.63. The number of hydrogen-bond donors (Lipinski definition) is 1. The first-order chi connectivity index (χ1) is 9.63. The molecule has 0 radical (unpaired) electrons. The number of phenolic OH excluding ortho intramolecular Hbond substituents is 1. The van der Waals surface area contributed by atoms with Crippen LogP contribution in [0.5, 0.6) is 5.75 Å². The maximum atomic E-state index is 12.6. The van der Waals surface area contributed by atoms with E-state index in [0.717, 1.165) is 12.8 Å².